The molecular formula is C25H35NO4. The van der Waals surface area contributed by atoms with Gasteiger partial charge >= 0.3 is 0 Å². The summed E-state index contributed by atoms with van der Waals surface area (Å²) in [6.45, 7) is 9.33. The van der Waals surface area contributed by atoms with Crippen LogP contribution in [0, 0.1) is 16.7 Å². The van der Waals surface area contributed by atoms with Gasteiger partial charge in [-0.25, -0.2) is 0 Å². The zero-order valence-corrected chi connectivity index (χ0v) is 18.8. The van der Waals surface area contributed by atoms with E-state index in [0.29, 0.717) is 11.8 Å². The van der Waals surface area contributed by atoms with Gasteiger partial charge in [0.2, 0.25) is 0 Å². The monoisotopic (exact) mass is 413 g/mol. The lowest BCUT2D eigenvalue weighted by Gasteiger charge is -2.74. The molecule has 4 fully saturated rings. The second kappa shape index (κ2) is 5.36. The van der Waals surface area contributed by atoms with Gasteiger partial charge in [-0.1, -0.05) is 26.8 Å². The van der Waals surface area contributed by atoms with Crippen molar-refractivity contribution < 1.29 is 19.7 Å². The molecule has 3 saturated carbocycles. The quantitative estimate of drug-likeness (QED) is 0.694. The van der Waals surface area contributed by atoms with E-state index < -0.39 is 11.2 Å². The molecule has 5 heteroatoms. The molecular weight excluding hydrogens is 378 g/mol. The third-order valence-electron chi connectivity index (χ3n) is 10.4. The number of aliphatic hydroxyl groups is 1. The summed E-state index contributed by atoms with van der Waals surface area (Å²) in [6.07, 6.45) is 4.66. The number of hydrogen-bond acceptors (Lipinski definition) is 5. The van der Waals surface area contributed by atoms with E-state index in [1.54, 1.807) is 13.2 Å². The second-order valence-electron chi connectivity index (χ2n) is 11.8. The van der Waals surface area contributed by atoms with Gasteiger partial charge in [-0.15, -0.1) is 0 Å². The number of phenolic OH excluding ortho intramolecular Hbond substituents is 1. The van der Waals surface area contributed by atoms with Gasteiger partial charge in [-0.3, -0.25) is 0 Å². The number of phenols is 1. The predicted octanol–water partition coefficient (Wildman–Crippen LogP) is 3.29. The van der Waals surface area contributed by atoms with Gasteiger partial charge < -0.3 is 25.0 Å². The van der Waals surface area contributed by atoms with Crippen LogP contribution in [0.2, 0.25) is 0 Å². The highest BCUT2D eigenvalue weighted by atomic mass is 16.6. The van der Waals surface area contributed by atoms with Gasteiger partial charge in [0.15, 0.2) is 11.5 Å². The summed E-state index contributed by atoms with van der Waals surface area (Å²) in [4.78, 5) is 0. The van der Waals surface area contributed by atoms with Crippen LogP contribution in [-0.4, -0.2) is 47.2 Å². The van der Waals surface area contributed by atoms with Crippen LogP contribution in [0.15, 0.2) is 12.1 Å². The van der Waals surface area contributed by atoms with Gasteiger partial charge in [0.1, 0.15) is 11.7 Å². The molecule has 0 aromatic heterocycles. The van der Waals surface area contributed by atoms with E-state index in [2.05, 4.69) is 32.2 Å². The van der Waals surface area contributed by atoms with Crippen LogP contribution < -0.4 is 10.1 Å². The summed E-state index contributed by atoms with van der Waals surface area (Å²) in [5, 5.41) is 26.6. The summed E-state index contributed by atoms with van der Waals surface area (Å²) in [5.41, 5.74) is 0.658. The maximum absolute atomic E-state index is 12.0. The molecule has 2 aliphatic heterocycles. The molecule has 5 nitrogen and oxygen atoms in total. The molecule has 3 N–H and O–H groups in total. The second-order valence-corrected chi connectivity index (χ2v) is 11.8. The molecule has 7 rings (SSSR count). The normalized spacial score (nSPS) is 44.9. The number of piperidine rings is 1. The molecule has 0 radical (unpaired) electrons. The number of methoxy groups -OCH3 is 1. The molecule has 4 aliphatic carbocycles. The number of benzene rings is 1. The minimum absolute atomic E-state index is 0.0160. The molecule has 2 spiro atoms. The first-order valence-electron chi connectivity index (χ1n) is 11.6. The van der Waals surface area contributed by atoms with E-state index in [1.165, 1.54) is 11.1 Å². The van der Waals surface area contributed by atoms with Crippen molar-refractivity contribution in [2.45, 2.75) is 88.6 Å². The van der Waals surface area contributed by atoms with Gasteiger partial charge in [0.05, 0.1) is 5.60 Å². The van der Waals surface area contributed by atoms with E-state index in [-0.39, 0.29) is 34.0 Å². The zero-order chi connectivity index (χ0) is 21.3. The zero-order valence-electron chi connectivity index (χ0n) is 18.8. The summed E-state index contributed by atoms with van der Waals surface area (Å²) in [6, 6.07) is 4.26. The Balaban J connectivity index is 1.65. The third-order valence-corrected chi connectivity index (χ3v) is 10.4. The van der Waals surface area contributed by atoms with Crippen LogP contribution in [0.3, 0.4) is 0 Å². The Morgan fingerprint density at radius 1 is 1.17 bits per heavy atom. The highest BCUT2D eigenvalue weighted by Crippen LogP contribution is 2.77. The van der Waals surface area contributed by atoms with Crippen LogP contribution in [0.1, 0.15) is 64.5 Å². The summed E-state index contributed by atoms with van der Waals surface area (Å²) in [5.74, 6) is 0.887. The molecule has 4 bridgehead atoms. The van der Waals surface area contributed by atoms with Crippen molar-refractivity contribution in [2.75, 3.05) is 13.7 Å². The van der Waals surface area contributed by atoms with Crippen molar-refractivity contribution in [2.24, 2.45) is 16.7 Å². The number of rotatable bonds is 2. The maximum atomic E-state index is 12.0. The Labute approximate surface area is 179 Å². The fraction of sp³-hybridized carbons (Fsp3) is 0.760. The number of hydrogen-bond donors (Lipinski definition) is 3. The van der Waals surface area contributed by atoms with E-state index in [4.69, 9.17) is 9.47 Å². The predicted molar refractivity (Wildman–Crippen MR) is 114 cm³/mol. The Kier molecular flexibility index (Phi) is 3.46. The third kappa shape index (κ3) is 1.77. The van der Waals surface area contributed by atoms with E-state index in [0.717, 1.165) is 38.6 Å². The van der Waals surface area contributed by atoms with Crippen molar-refractivity contribution in [3.63, 3.8) is 0 Å². The van der Waals surface area contributed by atoms with Crippen molar-refractivity contribution in [1.82, 2.24) is 5.32 Å². The maximum Gasteiger partial charge on any atom is 0.165 e. The van der Waals surface area contributed by atoms with Crippen LogP contribution in [0.5, 0.6) is 11.5 Å². The molecule has 1 aromatic carbocycles. The number of fused-ring (bicyclic) bond motifs is 2. The summed E-state index contributed by atoms with van der Waals surface area (Å²) >= 11 is 0. The summed E-state index contributed by atoms with van der Waals surface area (Å²) in [7, 11) is 1.80. The summed E-state index contributed by atoms with van der Waals surface area (Å²) < 4.78 is 13.2. The highest BCUT2D eigenvalue weighted by Gasteiger charge is 2.81. The van der Waals surface area contributed by atoms with Gasteiger partial charge in [-0.2, -0.15) is 0 Å². The first-order valence-corrected chi connectivity index (χ1v) is 11.6. The van der Waals surface area contributed by atoms with Crippen molar-refractivity contribution in [3.05, 3.63) is 23.3 Å². The van der Waals surface area contributed by atoms with Crippen molar-refractivity contribution in [1.29, 1.82) is 0 Å². The van der Waals surface area contributed by atoms with E-state index >= 15 is 0 Å². The number of nitrogens with one attached hydrogen (secondary N) is 1. The average Bonchev–Trinajstić information content (AvgIpc) is 3.05. The molecule has 1 aromatic rings. The molecule has 2 heterocycles. The minimum Gasteiger partial charge on any atom is -0.504 e. The van der Waals surface area contributed by atoms with Gasteiger partial charge in [0, 0.05) is 35.5 Å². The lowest BCUT2D eigenvalue weighted by atomic mass is 9.33. The minimum atomic E-state index is -0.910. The highest BCUT2D eigenvalue weighted by molar-refractivity contribution is 5.63. The molecule has 7 atom stereocenters. The van der Waals surface area contributed by atoms with Crippen molar-refractivity contribution in [3.8, 4) is 11.5 Å². The van der Waals surface area contributed by atoms with Crippen molar-refractivity contribution >= 4 is 0 Å². The SMILES string of the molecule is CO[C@]12CC[C@@]3(C[C@@H]1C(C)(O)C(C)(C)C)C1Cc4ccc(O)c5c4C3(CCN1)[C@H]2O5. The standard InChI is InChI=1S/C25H35NO4/c1-21(2,3)22(4,28)16-13-23-8-9-25(16,29-5)20-24(23)10-11-26-17(23)12-14-6-7-15(27)19(30-20)18(14)24/h6-7,16-17,20,26-28H,8-13H2,1-5H3/t16-,17?,20-,22?,23-,24?,25-/m1/s1. The smallest absolute Gasteiger partial charge is 0.165 e. The van der Waals surface area contributed by atoms with Crippen LogP contribution in [-0.2, 0) is 16.6 Å². The Morgan fingerprint density at radius 2 is 1.93 bits per heavy atom. The van der Waals surface area contributed by atoms with Crippen LogP contribution >= 0.6 is 0 Å². The molecule has 6 aliphatic rings. The van der Waals surface area contributed by atoms with Crippen LogP contribution in [0.25, 0.3) is 0 Å². The fourth-order valence-electron chi connectivity index (χ4n) is 8.53. The lowest BCUT2D eigenvalue weighted by Crippen LogP contribution is -2.83. The Hall–Kier alpha value is -1.30. The Morgan fingerprint density at radius 3 is 2.63 bits per heavy atom. The molecule has 1 saturated heterocycles. The average molecular weight is 414 g/mol. The largest absolute Gasteiger partial charge is 0.504 e. The molecule has 0 amide bonds. The first kappa shape index (κ1) is 19.4. The van der Waals surface area contributed by atoms with Gasteiger partial charge in [-0.05, 0) is 62.6 Å². The first-order chi connectivity index (χ1) is 14.1. The number of ether oxygens (including phenoxy) is 2. The van der Waals surface area contributed by atoms with Crippen LogP contribution in [0.4, 0.5) is 0 Å². The molecule has 30 heavy (non-hydrogen) atoms. The van der Waals surface area contributed by atoms with E-state index in [1.807, 2.05) is 6.92 Å². The molecule has 3 unspecified atom stereocenters. The fourth-order valence-corrected chi connectivity index (χ4v) is 8.53. The van der Waals surface area contributed by atoms with Gasteiger partial charge in [0.25, 0.3) is 0 Å². The van der Waals surface area contributed by atoms with E-state index in [9.17, 15) is 10.2 Å². The topological polar surface area (TPSA) is 71.0 Å². The molecule has 164 valence electrons. The lowest BCUT2D eigenvalue weighted by molar-refractivity contribution is -0.303. The Bertz CT molecular complexity index is 936. The number of aromatic hydroxyl groups is 1.